The minimum atomic E-state index is -4.61. The van der Waals surface area contributed by atoms with Gasteiger partial charge in [-0.2, -0.15) is 26.9 Å². The van der Waals surface area contributed by atoms with E-state index in [9.17, 15) is 26.7 Å². The quantitative estimate of drug-likeness (QED) is 0.258. The second kappa shape index (κ2) is 9.24. The van der Waals surface area contributed by atoms with Gasteiger partial charge in [-0.25, -0.2) is 4.98 Å². The van der Waals surface area contributed by atoms with Crippen LogP contribution in [0.25, 0.3) is 28.6 Å². The molecule has 0 aliphatic carbocycles. The van der Waals surface area contributed by atoms with E-state index in [2.05, 4.69) is 15.1 Å². The lowest BCUT2D eigenvalue weighted by molar-refractivity contribution is -0.169. The Labute approximate surface area is 224 Å². The van der Waals surface area contributed by atoms with Gasteiger partial charge in [0, 0.05) is 31.1 Å². The molecule has 4 aromatic rings. The zero-order valence-corrected chi connectivity index (χ0v) is 21.1. The van der Waals surface area contributed by atoms with Crippen molar-refractivity contribution < 1.29 is 36.0 Å². The van der Waals surface area contributed by atoms with Crippen LogP contribution < -0.4 is 4.74 Å². The Hall–Kier alpha value is -3.16. The van der Waals surface area contributed by atoms with Crippen LogP contribution in [0, 0.1) is 0 Å². The second-order valence-corrected chi connectivity index (χ2v) is 9.67. The third kappa shape index (κ3) is 4.85. The molecule has 8 nitrogen and oxygen atoms in total. The summed E-state index contributed by atoms with van der Waals surface area (Å²) in [6.45, 7) is -0.0776. The highest BCUT2D eigenvalue weighted by Gasteiger charge is 2.48. The van der Waals surface area contributed by atoms with Gasteiger partial charge in [-0.15, -0.1) is 0 Å². The minimum absolute atomic E-state index is 0.00203. The molecule has 1 atom stereocenters. The summed E-state index contributed by atoms with van der Waals surface area (Å²) < 4.78 is 79.1. The molecule has 0 unspecified atom stereocenters. The fourth-order valence-corrected chi connectivity index (χ4v) is 4.61. The predicted molar refractivity (Wildman–Crippen MR) is 126 cm³/mol. The second-order valence-electron chi connectivity index (χ2n) is 8.45. The molecule has 3 aromatic heterocycles. The number of alkyl halides is 5. The van der Waals surface area contributed by atoms with Crippen molar-refractivity contribution in [2.24, 2.45) is 0 Å². The van der Waals surface area contributed by atoms with Crippen molar-refractivity contribution in [2.75, 3.05) is 13.6 Å². The molecule has 1 aliphatic heterocycles. The first-order valence-electron chi connectivity index (χ1n) is 10.6. The minimum Gasteiger partial charge on any atom is -0.487 e. The Bertz CT molecular complexity index is 1570. The van der Waals surface area contributed by atoms with E-state index in [1.165, 1.54) is 25.4 Å². The predicted octanol–water partition coefficient (Wildman–Crippen LogP) is 6.28. The van der Waals surface area contributed by atoms with Crippen LogP contribution in [0.4, 0.5) is 22.0 Å². The molecule has 1 saturated heterocycles. The summed E-state index contributed by atoms with van der Waals surface area (Å²) in [5.74, 6) is -5.04. The number of carbonyl (C=O) groups is 1. The largest absolute Gasteiger partial charge is 0.487 e. The number of ether oxygens (including phenoxy) is 1. The fraction of sp³-hybridized carbons (Fsp3) is 0.273. The lowest BCUT2D eigenvalue weighted by Crippen LogP contribution is -2.53. The molecule has 4 heterocycles. The molecule has 16 heteroatoms. The van der Waals surface area contributed by atoms with E-state index in [1.54, 1.807) is 0 Å². The molecule has 1 amide bonds. The summed E-state index contributed by atoms with van der Waals surface area (Å²) in [6, 6.07) is 3.37. The average molecular weight is 597 g/mol. The molecule has 0 bridgehead atoms. The molecule has 0 radical (unpaired) electrons. The van der Waals surface area contributed by atoms with Crippen LogP contribution in [-0.2, 0) is 11.0 Å². The molecule has 0 spiro atoms. The zero-order valence-electron chi connectivity index (χ0n) is 18.9. The fourth-order valence-electron chi connectivity index (χ4n) is 3.91. The molecule has 38 heavy (non-hydrogen) atoms. The molecule has 0 N–H and O–H groups in total. The number of benzene rings is 1. The van der Waals surface area contributed by atoms with Crippen molar-refractivity contribution in [3.63, 3.8) is 0 Å². The number of aromatic nitrogens is 4. The van der Waals surface area contributed by atoms with E-state index >= 15 is 0 Å². The summed E-state index contributed by atoms with van der Waals surface area (Å²) >= 11 is 18.6. The summed E-state index contributed by atoms with van der Waals surface area (Å²) in [5.41, 5.74) is -0.688. The van der Waals surface area contributed by atoms with Gasteiger partial charge in [0.2, 0.25) is 5.82 Å². The standard InChI is InChI=1S/C22H13Cl3F5N5O3/c1-34-7-10(5-21(26,27)20(34)36)37-16-4-12(23)11(3-13(16)24)17-32-19(38-33-17)15-8-35-6-9(22(28,29)30)2-14(25)18(35)31-15/h2-4,6,8,10H,5,7H2,1H3/t10-/m0/s1. The van der Waals surface area contributed by atoms with Crippen molar-refractivity contribution >= 4 is 46.4 Å². The average Bonchev–Trinajstić information content (AvgIpc) is 3.46. The molecular weight excluding hydrogens is 584 g/mol. The van der Waals surface area contributed by atoms with Crippen molar-refractivity contribution in [3.8, 4) is 28.7 Å². The van der Waals surface area contributed by atoms with E-state index in [-0.39, 0.29) is 56.0 Å². The van der Waals surface area contributed by atoms with Gasteiger partial charge >= 0.3 is 12.1 Å². The maximum atomic E-state index is 13.9. The Morgan fingerprint density at radius 3 is 2.50 bits per heavy atom. The van der Waals surface area contributed by atoms with Crippen molar-refractivity contribution in [1.29, 1.82) is 0 Å². The van der Waals surface area contributed by atoms with Crippen LogP contribution in [0.1, 0.15) is 12.0 Å². The number of halogens is 8. The van der Waals surface area contributed by atoms with Gasteiger partial charge in [0.05, 0.1) is 33.6 Å². The molecule has 5 rings (SSSR count). The topological polar surface area (TPSA) is 85.8 Å². The third-order valence-corrected chi connectivity index (χ3v) is 6.54. The van der Waals surface area contributed by atoms with Crippen molar-refractivity contribution in [3.05, 3.63) is 51.2 Å². The first kappa shape index (κ1) is 26.4. The van der Waals surface area contributed by atoms with Gasteiger partial charge < -0.3 is 18.6 Å². The Kier molecular flexibility index (Phi) is 6.43. The van der Waals surface area contributed by atoms with Gasteiger partial charge in [0.1, 0.15) is 17.5 Å². The van der Waals surface area contributed by atoms with Crippen LogP contribution in [0.15, 0.2) is 35.1 Å². The summed E-state index contributed by atoms with van der Waals surface area (Å²) in [4.78, 5) is 20.8. The number of likely N-dealkylation sites (tertiary alicyclic amines) is 1. The Morgan fingerprint density at radius 2 is 1.82 bits per heavy atom. The number of likely N-dealkylation sites (N-methyl/N-ethyl adjacent to an activating group) is 1. The van der Waals surface area contributed by atoms with Crippen LogP contribution >= 0.6 is 34.8 Å². The number of imidazole rings is 1. The Morgan fingerprint density at radius 1 is 1.08 bits per heavy atom. The number of amides is 1. The maximum absolute atomic E-state index is 13.9. The molecule has 200 valence electrons. The van der Waals surface area contributed by atoms with Crippen LogP contribution in [0.2, 0.25) is 15.1 Å². The summed E-state index contributed by atoms with van der Waals surface area (Å²) in [5, 5.41) is 3.62. The van der Waals surface area contributed by atoms with E-state index in [0.29, 0.717) is 0 Å². The molecule has 1 aromatic carbocycles. The third-order valence-electron chi connectivity index (χ3n) is 5.66. The first-order valence-corrected chi connectivity index (χ1v) is 11.8. The smallest absolute Gasteiger partial charge is 0.417 e. The van der Waals surface area contributed by atoms with Gasteiger partial charge in [-0.05, 0) is 12.1 Å². The Balaban J connectivity index is 1.41. The van der Waals surface area contributed by atoms with Crippen LogP contribution in [0.5, 0.6) is 5.75 Å². The molecule has 1 aliphatic rings. The first-order chi connectivity index (χ1) is 17.7. The van der Waals surface area contributed by atoms with Crippen LogP contribution in [0.3, 0.4) is 0 Å². The number of fused-ring (bicyclic) bond motifs is 1. The van der Waals surface area contributed by atoms with E-state index in [0.717, 1.165) is 21.6 Å². The highest BCUT2D eigenvalue weighted by Crippen LogP contribution is 2.39. The maximum Gasteiger partial charge on any atom is 0.417 e. The van der Waals surface area contributed by atoms with Gasteiger partial charge in [-0.1, -0.05) is 40.0 Å². The highest BCUT2D eigenvalue weighted by molar-refractivity contribution is 6.36. The normalized spacial score (nSPS) is 17.9. The number of hydrogen-bond acceptors (Lipinski definition) is 6. The molecular formula is C22H13Cl3F5N5O3. The van der Waals surface area contributed by atoms with Crippen molar-refractivity contribution in [2.45, 2.75) is 24.6 Å². The SMILES string of the molecule is CN1C[C@@H](Oc2cc(Cl)c(-c3noc(-c4cn5cc(C(F)(F)F)cc(Cl)c5n4)n3)cc2Cl)CC(F)(F)C1=O. The number of rotatable bonds is 4. The lowest BCUT2D eigenvalue weighted by Gasteiger charge is -2.34. The number of hydrogen-bond donors (Lipinski definition) is 0. The summed E-state index contributed by atoms with van der Waals surface area (Å²) in [6.07, 6.45) is -4.42. The van der Waals surface area contributed by atoms with Gasteiger partial charge in [-0.3, -0.25) is 4.79 Å². The number of pyridine rings is 1. The molecule has 1 fully saturated rings. The van der Waals surface area contributed by atoms with Gasteiger partial charge in [0.15, 0.2) is 5.65 Å². The molecule has 0 saturated carbocycles. The van der Waals surface area contributed by atoms with E-state index in [1.807, 2.05) is 0 Å². The number of piperidine rings is 1. The summed E-state index contributed by atoms with van der Waals surface area (Å²) in [7, 11) is 1.24. The number of nitrogens with zero attached hydrogens (tertiary/aromatic N) is 5. The van der Waals surface area contributed by atoms with Crippen LogP contribution in [-0.4, -0.2) is 56.0 Å². The lowest BCUT2D eigenvalue weighted by atomic mass is 10.0. The number of carbonyl (C=O) groups excluding carboxylic acids is 1. The monoisotopic (exact) mass is 595 g/mol. The van der Waals surface area contributed by atoms with Gasteiger partial charge in [0.25, 0.3) is 11.8 Å². The van der Waals surface area contributed by atoms with E-state index in [4.69, 9.17) is 44.1 Å². The van der Waals surface area contributed by atoms with Crippen molar-refractivity contribution in [1.82, 2.24) is 24.4 Å². The zero-order chi connectivity index (χ0) is 27.6. The highest BCUT2D eigenvalue weighted by atomic mass is 35.5. The van der Waals surface area contributed by atoms with E-state index < -0.39 is 36.1 Å².